The van der Waals surface area contributed by atoms with Gasteiger partial charge in [0.05, 0.1) is 29.8 Å². The summed E-state index contributed by atoms with van der Waals surface area (Å²) in [5.74, 6) is -1.25. The topological polar surface area (TPSA) is 82.9 Å². The Labute approximate surface area is 118 Å². The van der Waals surface area contributed by atoms with Crippen molar-refractivity contribution >= 4 is 35.3 Å². The first-order valence-electron chi connectivity index (χ1n) is 5.66. The molecule has 1 aromatic carbocycles. The molecular weight excluding hydrogens is 287 g/mol. The lowest BCUT2D eigenvalue weighted by molar-refractivity contribution is -0.119. The highest BCUT2D eigenvalue weighted by molar-refractivity contribution is 6.33. The fourth-order valence-corrected chi connectivity index (χ4v) is 1.75. The van der Waals surface area contributed by atoms with Crippen LogP contribution in [0.2, 0.25) is 5.02 Å². The van der Waals surface area contributed by atoms with E-state index in [4.69, 9.17) is 11.6 Å². The van der Waals surface area contributed by atoms with Gasteiger partial charge in [-0.1, -0.05) is 17.7 Å². The molecule has 0 bridgehead atoms. The predicted octanol–water partition coefficient (Wildman–Crippen LogP) is 1.20. The Morgan fingerprint density at radius 3 is 3.05 bits per heavy atom. The van der Waals surface area contributed by atoms with Gasteiger partial charge in [-0.2, -0.15) is 10.2 Å². The van der Waals surface area contributed by atoms with Crippen LogP contribution in [0, 0.1) is 5.82 Å². The van der Waals surface area contributed by atoms with Crippen molar-refractivity contribution < 1.29 is 14.0 Å². The smallest absolute Gasteiger partial charge is 0.245 e. The number of nitrogens with zero attached hydrogens (tertiary/aromatic N) is 2. The second-order valence-corrected chi connectivity index (χ2v) is 4.40. The summed E-state index contributed by atoms with van der Waals surface area (Å²) in [6.07, 6.45) is 1.16. The zero-order valence-electron chi connectivity index (χ0n) is 10.2. The van der Waals surface area contributed by atoms with Crippen LogP contribution in [-0.4, -0.2) is 23.7 Å². The number of amides is 2. The molecular formula is C12H10ClFN4O2. The standard InChI is InChI=1S/C12H10ClFN4O2/c13-9-2-1-3-10(14)8(9)6-15-17-11(19)4-7-5-12(20)18-16-7/h1-3,6H,4-5H2,(H,17,19)(H,18,20)/b15-6-. The number of nitrogens with one attached hydrogen (secondary N) is 2. The van der Waals surface area contributed by atoms with Gasteiger partial charge in [-0.15, -0.1) is 0 Å². The Morgan fingerprint density at radius 1 is 1.60 bits per heavy atom. The lowest BCUT2D eigenvalue weighted by Gasteiger charge is -2.00. The van der Waals surface area contributed by atoms with E-state index in [0.29, 0.717) is 5.71 Å². The first kappa shape index (κ1) is 14.1. The van der Waals surface area contributed by atoms with Gasteiger partial charge in [0.1, 0.15) is 5.82 Å². The fourth-order valence-electron chi connectivity index (χ4n) is 1.54. The van der Waals surface area contributed by atoms with E-state index in [1.807, 2.05) is 0 Å². The van der Waals surface area contributed by atoms with Crippen molar-refractivity contribution in [1.29, 1.82) is 0 Å². The quantitative estimate of drug-likeness (QED) is 0.646. The van der Waals surface area contributed by atoms with Crippen LogP contribution in [0.5, 0.6) is 0 Å². The molecule has 0 spiro atoms. The summed E-state index contributed by atoms with van der Waals surface area (Å²) >= 11 is 5.79. The summed E-state index contributed by atoms with van der Waals surface area (Å²) in [5, 5.41) is 7.48. The highest BCUT2D eigenvalue weighted by atomic mass is 35.5. The number of rotatable bonds is 4. The molecule has 0 unspecified atom stereocenters. The number of hydrogen-bond donors (Lipinski definition) is 2. The third kappa shape index (κ3) is 3.61. The largest absolute Gasteiger partial charge is 0.273 e. The van der Waals surface area contributed by atoms with Crippen molar-refractivity contribution in [1.82, 2.24) is 10.9 Å². The second-order valence-electron chi connectivity index (χ2n) is 4.00. The van der Waals surface area contributed by atoms with Crippen LogP contribution in [0.25, 0.3) is 0 Å². The Hall–Kier alpha value is -2.28. The minimum Gasteiger partial charge on any atom is -0.273 e. The van der Waals surface area contributed by atoms with E-state index in [0.717, 1.165) is 6.21 Å². The Bertz CT molecular complexity index is 595. The first-order chi connectivity index (χ1) is 9.56. The van der Waals surface area contributed by atoms with Crippen LogP contribution in [-0.2, 0) is 9.59 Å². The van der Waals surface area contributed by atoms with Crippen LogP contribution >= 0.6 is 11.6 Å². The minimum atomic E-state index is -0.537. The summed E-state index contributed by atoms with van der Waals surface area (Å²) in [6, 6.07) is 4.22. The van der Waals surface area contributed by atoms with Gasteiger partial charge in [-0.05, 0) is 12.1 Å². The highest BCUT2D eigenvalue weighted by Gasteiger charge is 2.17. The molecule has 0 saturated heterocycles. The van der Waals surface area contributed by atoms with Crippen molar-refractivity contribution in [2.24, 2.45) is 10.2 Å². The molecule has 0 radical (unpaired) electrons. The third-order valence-corrected chi connectivity index (χ3v) is 2.78. The molecule has 0 fully saturated rings. The van der Waals surface area contributed by atoms with E-state index in [2.05, 4.69) is 21.1 Å². The van der Waals surface area contributed by atoms with Gasteiger partial charge in [0.2, 0.25) is 11.8 Å². The molecule has 20 heavy (non-hydrogen) atoms. The molecule has 1 aliphatic heterocycles. The van der Waals surface area contributed by atoms with Gasteiger partial charge in [0, 0.05) is 5.56 Å². The number of hydrogen-bond acceptors (Lipinski definition) is 4. The monoisotopic (exact) mass is 296 g/mol. The molecule has 1 aromatic rings. The molecule has 2 amide bonds. The van der Waals surface area contributed by atoms with Crippen LogP contribution in [0.4, 0.5) is 4.39 Å². The fraction of sp³-hybridized carbons (Fsp3) is 0.167. The van der Waals surface area contributed by atoms with Gasteiger partial charge >= 0.3 is 0 Å². The molecule has 0 aromatic heterocycles. The maximum atomic E-state index is 13.4. The van der Waals surface area contributed by atoms with Gasteiger partial charge in [0.15, 0.2) is 0 Å². The van der Waals surface area contributed by atoms with Crippen molar-refractivity contribution in [2.45, 2.75) is 12.8 Å². The van der Waals surface area contributed by atoms with Crippen LogP contribution in [0.15, 0.2) is 28.4 Å². The normalized spacial score (nSPS) is 14.3. The highest BCUT2D eigenvalue weighted by Crippen LogP contribution is 2.16. The summed E-state index contributed by atoms with van der Waals surface area (Å²) in [5.41, 5.74) is 4.96. The van der Waals surface area contributed by atoms with Crippen LogP contribution < -0.4 is 10.9 Å². The average molecular weight is 297 g/mol. The van der Waals surface area contributed by atoms with E-state index in [9.17, 15) is 14.0 Å². The predicted molar refractivity (Wildman–Crippen MR) is 72.0 cm³/mol. The number of halogens is 2. The summed E-state index contributed by atoms with van der Waals surface area (Å²) in [4.78, 5) is 22.4. The van der Waals surface area contributed by atoms with Gasteiger partial charge in [-0.25, -0.2) is 15.2 Å². The molecule has 104 valence electrons. The van der Waals surface area contributed by atoms with Crippen molar-refractivity contribution in [3.8, 4) is 0 Å². The Morgan fingerprint density at radius 2 is 2.40 bits per heavy atom. The molecule has 0 aliphatic carbocycles. The summed E-state index contributed by atoms with van der Waals surface area (Å²) < 4.78 is 13.4. The molecule has 1 heterocycles. The van der Waals surface area contributed by atoms with Crippen molar-refractivity contribution in [3.63, 3.8) is 0 Å². The van der Waals surface area contributed by atoms with E-state index in [1.54, 1.807) is 0 Å². The summed E-state index contributed by atoms with van der Waals surface area (Å²) in [6.45, 7) is 0. The SMILES string of the molecule is O=C1CC(CC(=O)N/N=C\c2c(F)cccc2Cl)=NN1. The molecule has 1 aliphatic rings. The Balaban J connectivity index is 1.90. The molecule has 0 saturated carbocycles. The van der Waals surface area contributed by atoms with E-state index < -0.39 is 11.7 Å². The lowest BCUT2D eigenvalue weighted by Crippen LogP contribution is -2.20. The van der Waals surface area contributed by atoms with Gasteiger partial charge in [0.25, 0.3) is 0 Å². The second kappa shape index (κ2) is 6.25. The lowest BCUT2D eigenvalue weighted by atomic mass is 10.2. The van der Waals surface area contributed by atoms with Crippen LogP contribution in [0.1, 0.15) is 18.4 Å². The number of carbonyl (C=O) groups is 2. The first-order valence-corrected chi connectivity index (χ1v) is 6.04. The van der Waals surface area contributed by atoms with Crippen molar-refractivity contribution in [3.05, 3.63) is 34.6 Å². The number of hydrazone groups is 2. The maximum Gasteiger partial charge on any atom is 0.245 e. The average Bonchev–Trinajstić information content (AvgIpc) is 2.78. The van der Waals surface area contributed by atoms with E-state index in [1.165, 1.54) is 18.2 Å². The van der Waals surface area contributed by atoms with E-state index >= 15 is 0 Å². The molecule has 6 nitrogen and oxygen atoms in total. The molecule has 2 rings (SSSR count). The van der Waals surface area contributed by atoms with Crippen LogP contribution in [0.3, 0.4) is 0 Å². The van der Waals surface area contributed by atoms with Crippen molar-refractivity contribution in [2.75, 3.05) is 0 Å². The molecule has 2 N–H and O–H groups in total. The zero-order chi connectivity index (χ0) is 14.5. The zero-order valence-corrected chi connectivity index (χ0v) is 10.9. The minimum absolute atomic E-state index is 0.0545. The summed E-state index contributed by atoms with van der Waals surface area (Å²) in [7, 11) is 0. The van der Waals surface area contributed by atoms with Gasteiger partial charge in [-0.3, -0.25) is 9.59 Å². The van der Waals surface area contributed by atoms with E-state index in [-0.39, 0.29) is 29.3 Å². The number of carbonyl (C=O) groups excluding carboxylic acids is 2. The maximum absolute atomic E-state index is 13.4. The Kier molecular flexibility index (Phi) is 4.41. The van der Waals surface area contributed by atoms with Gasteiger partial charge < -0.3 is 0 Å². The molecule has 0 atom stereocenters. The molecule has 8 heteroatoms. The number of benzene rings is 1. The third-order valence-electron chi connectivity index (χ3n) is 2.45.